The normalized spacial score (nSPS) is 15.6. The zero-order valence-electron chi connectivity index (χ0n) is 18.0. The zero-order valence-corrected chi connectivity index (χ0v) is 18.0. The zero-order chi connectivity index (χ0) is 21.2. The van der Waals surface area contributed by atoms with Crippen LogP contribution in [0.15, 0.2) is 59.6 Å². The van der Waals surface area contributed by atoms with Crippen LogP contribution in [0.25, 0.3) is 0 Å². The van der Waals surface area contributed by atoms with Crippen molar-refractivity contribution in [3.63, 3.8) is 0 Å². The Kier molecular flexibility index (Phi) is 8.27. The highest BCUT2D eigenvalue weighted by Gasteiger charge is 2.23. The number of amides is 1. The van der Waals surface area contributed by atoms with E-state index in [4.69, 9.17) is 0 Å². The first-order valence-electron chi connectivity index (χ1n) is 10.8. The van der Waals surface area contributed by atoms with Crippen LogP contribution in [0.3, 0.4) is 0 Å². The van der Waals surface area contributed by atoms with Crippen LogP contribution in [-0.2, 0) is 6.42 Å². The molecule has 2 aromatic rings. The monoisotopic (exact) mass is 407 g/mol. The fourth-order valence-electron chi connectivity index (χ4n) is 3.94. The highest BCUT2D eigenvalue weighted by molar-refractivity contribution is 5.94. The number of aliphatic imine (C=N–C) groups is 1. The SMILES string of the molecule is CN=C(NCCc1cccc(C(=O)NC)c1)NCC(c1ccccc1)N1CCCC1. The third-order valence-electron chi connectivity index (χ3n) is 5.57. The summed E-state index contributed by atoms with van der Waals surface area (Å²) in [5.74, 6) is 0.744. The van der Waals surface area contributed by atoms with E-state index < -0.39 is 0 Å². The molecule has 1 saturated heterocycles. The summed E-state index contributed by atoms with van der Waals surface area (Å²) in [5.41, 5.74) is 3.15. The molecule has 6 heteroatoms. The number of guanidine groups is 1. The molecule has 1 unspecified atom stereocenters. The van der Waals surface area contributed by atoms with Crippen LogP contribution >= 0.6 is 0 Å². The highest BCUT2D eigenvalue weighted by atomic mass is 16.1. The topological polar surface area (TPSA) is 68.8 Å². The minimum atomic E-state index is -0.0591. The molecule has 1 atom stereocenters. The standard InChI is InChI=1S/C24H33N5O/c1-25-23(30)21-12-8-9-19(17-21)13-14-27-24(26-2)28-18-22(29-15-6-7-16-29)20-10-4-3-5-11-20/h3-5,8-12,17,22H,6-7,13-16,18H2,1-2H3,(H,25,30)(H2,26,27,28). The molecule has 1 amide bonds. The Labute approximate surface area is 179 Å². The number of nitrogens with one attached hydrogen (secondary N) is 3. The molecule has 30 heavy (non-hydrogen) atoms. The van der Waals surface area contributed by atoms with E-state index >= 15 is 0 Å². The third-order valence-corrected chi connectivity index (χ3v) is 5.57. The second kappa shape index (κ2) is 11.4. The lowest BCUT2D eigenvalue weighted by Gasteiger charge is -2.29. The minimum absolute atomic E-state index is 0.0591. The molecule has 0 saturated carbocycles. The van der Waals surface area contributed by atoms with Crippen LogP contribution < -0.4 is 16.0 Å². The van der Waals surface area contributed by atoms with Crippen LogP contribution in [0.4, 0.5) is 0 Å². The lowest BCUT2D eigenvalue weighted by Crippen LogP contribution is -2.43. The van der Waals surface area contributed by atoms with Crippen molar-refractivity contribution >= 4 is 11.9 Å². The average molecular weight is 408 g/mol. The Morgan fingerprint density at radius 3 is 2.53 bits per heavy atom. The third kappa shape index (κ3) is 6.07. The summed E-state index contributed by atoms with van der Waals surface area (Å²) in [4.78, 5) is 18.7. The fraction of sp³-hybridized carbons (Fsp3) is 0.417. The molecule has 2 aromatic carbocycles. The predicted octanol–water partition coefficient (Wildman–Crippen LogP) is 2.59. The summed E-state index contributed by atoms with van der Waals surface area (Å²) in [6, 6.07) is 18.8. The van der Waals surface area contributed by atoms with Crippen LogP contribution in [0.5, 0.6) is 0 Å². The molecule has 1 aliphatic heterocycles. The Morgan fingerprint density at radius 2 is 1.83 bits per heavy atom. The smallest absolute Gasteiger partial charge is 0.251 e. The largest absolute Gasteiger partial charge is 0.356 e. The van der Waals surface area contributed by atoms with Crippen molar-refractivity contribution in [2.24, 2.45) is 4.99 Å². The van der Waals surface area contributed by atoms with Crippen molar-refractivity contribution in [3.05, 3.63) is 71.3 Å². The van der Waals surface area contributed by atoms with Gasteiger partial charge in [0, 0.05) is 32.7 Å². The van der Waals surface area contributed by atoms with Gasteiger partial charge in [-0.3, -0.25) is 14.7 Å². The van der Waals surface area contributed by atoms with Gasteiger partial charge in [-0.1, -0.05) is 42.5 Å². The molecule has 6 nitrogen and oxygen atoms in total. The maximum atomic E-state index is 11.8. The molecule has 1 fully saturated rings. The quantitative estimate of drug-likeness (QED) is 0.465. The first-order valence-corrected chi connectivity index (χ1v) is 10.8. The Morgan fingerprint density at radius 1 is 1.07 bits per heavy atom. The first-order chi connectivity index (χ1) is 14.7. The van der Waals surface area contributed by atoms with Crippen molar-refractivity contribution in [2.45, 2.75) is 25.3 Å². The Balaban J connectivity index is 1.53. The van der Waals surface area contributed by atoms with Crippen LogP contribution in [0.2, 0.25) is 0 Å². The molecular weight excluding hydrogens is 374 g/mol. The van der Waals surface area contributed by atoms with Crippen LogP contribution in [0.1, 0.15) is 40.4 Å². The molecule has 0 radical (unpaired) electrons. The number of nitrogens with zero attached hydrogens (tertiary/aromatic N) is 2. The van der Waals surface area contributed by atoms with Crippen molar-refractivity contribution in [2.75, 3.05) is 40.3 Å². The van der Waals surface area contributed by atoms with Crippen LogP contribution in [-0.4, -0.2) is 57.0 Å². The van der Waals surface area contributed by atoms with E-state index in [0.29, 0.717) is 11.6 Å². The van der Waals surface area contributed by atoms with Crippen LogP contribution in [0, 0.1) is 0 Å². The lowest BCUT2D eigenvalue weighted by molar-refractivity contribution is 0.0963. The molecule has 3 N–H and O–H groups in total. The average Bonchev–Trinajstić information content (AvgIpc) is 3.33. The maximum absolute atomic E-state index is 11.8. The summed E-state index contributed by atoms with van der Waals surface area (Å²) in [5, 5.41) is 9.57. The number of carbonyl (C=O) groups excluding carboxylic acids is 1. The van der Waals surface area contributed by atoms with Crippen molar-refractivity contribution < 1.29 is 4.79 Å². The molecule has 160 valence electrons. The van der Waals surface area contributed by atoms with Gasteiger partial charge >= 0.3 is 0 Å². The number of rotatable bonds is 8. The predicted molar refractivity (Wildman–Crippen MR) is 123 cm³/mol. The number of carbonyl (C=O) groups is 1. The van der Waals surface area contributed by atoms with E-state index in [-0.39, 0.29) is 5.91 Å². The van der Waals surface area contributed by atoms with Gasteiger partial charge in [0.15, 0.2) is 5.96 Å². The number of hydrogen-bond donors (Lipinski definition) is 3. The second-order valence-electron chi connectivity index (χ2n) is 7.58. The van der Waals surface area contributed by atoms with Crippen molar-refractivity contribution in [3.8, 4) is 0 Å². The number of hydrogen-bond acceptors (Lipinski definition) is 3. The molecule has 0 bridgehead atoms. The second-order valence-corrected chi connectivity index (χ2v) is 7.58. The lowest BCUT2D eigenvalue weighted by atomic mass is 10.1. The summed E-state index contributed by atoms with van der Waals surface area (Å²) in [6.07, 6.45) is 3.36. The van der Waals surface area contributed by atoms with E-state index in [9.17, 15) is 4.79 Å². The van der Waals surface area contributed by atoms with Gasteiger partial charge in [-0.05, 0) is 55.6 Å². The van der Waals surface area contributed by atoms with Crippen molar-refractivity contribution in [1.29, 1.82) is 0 Å². The van der Waals surface area contributed by atoms with Gasteiger partial charge < -0.3 is 16.0 Å². The molecule has 3 rings (SSSR count). The first kappa shape index (κ1) is 21.8. The molecule has 0 spiro atoms. The highest BCUT2D eigenvalue weighted by Crippen LogP contribution is 2.24. The molecular formula is C24H33N5O. The molecule has 0 aromatic heterocycles. The number of likely N-dealkylation sites (tertiary alicyclic amines) is 1. The summed E-state index contributed by atoms with van der Waals surface area (Å²) >= 11 is 0. The van der Waals surface area contributed by atoms with E-state index in [1.54, 1.807) is 14.1 Å². The van der Waals surface area contributed by atoms with E-state index in [2.05, 4.69) is 56.2 Å². The maximum Gasteiger partial charge on any atom is 0.251 e. The Hall–Kier alpha value is -2.86. The molecule has 1 aliphatic rings. The van der Waals surface area contributed by atoms with Gasteiger partial charge in [-0.2, -0.15) is 0 Å². The van der Waals surface area contributed by atoms with E-state index in [0.717, 1.165) is 44.1 Å². The summed E-state index contributed by atoms with van der Waals surface area (Å²) in [7, 11) is 3.45. The molecule has 0 aliphatic carbocycles. The summed E-state index contributed by atoms with van der Waals surface area (Å²) < 4.78 is 0. The van der Waals surface area contributed by atoms with Gasteiger partial charge in [-0.25, -0.2) is 0 Å². The van der Waals surface area contributed by atoms with Crippen molar-refractivity contribution in [1.82, 2.24) is 20.9 Å². The van der Waals surface area contributed by atoms with Gasteiger partial charge in [0.2, 0.25) is 0 Å². The van der Waals surface area contributed by atoms with Gasteiger partial charge in [-0.15, -0.1) is 0 Å². The van der Waals surface area contributed by atoms with Gasteiger partial charge in [0.05, 0.1) is 6.04 Å². The Bertz CT molecular complexity index is 830. The van der Waals surface area contributed by atoms with E-state index in [1.807, 2.05) is 24.3 Å². The van der Waals surface area contributed by atoms with E-state index in [1.165, 1.54) is 18.4 Å². The molecule has 1 heterocycles. The number of benzene rings is 2. The van der Waals surface area contributed by atoms with Gasteiger partial charge in [0.1, 0.15) is 0 Å². The van der Waals surface area contributed by atoms with Gasteiger partial charge in [0.25, 0.3) is 5.91 Å². The fourth-order valence-corrected chi connectivity index (χ4v) is 3.94. The minimum Gasteiger partial charge on any atom is -0.356 e. The summed E-state index contributed by atoms with van der Waals surface area (Å²) in [6.45, 7) is 3.86.